The molecule has 0 radical (unpaired) electrons. The standard InChI is InChI=1S/C19H23ClFN5O2/c1-28-12-14-3-2-6-25(14)17-10-22-26-8-7-24(11-18(17)26)19(27)23-13-4-5-16(21)15(20)9-13/h4-5,9-10,14H,2-3,6-8,11-12H2,1H3,(H,23,27). The molecule has 2 aromatic rings. The van der Waals surface area contributed by atoms with Crippen LogP contribution < -0.4 is 10.2 Å². The molecule has 3 heterocycles. The Kier molecular flexibility index (Phi) is 5.41. The molecule has 4 rings (SSSR count). The van der Waals surface area contributed by atoms with E-state index in [2.05, 4.69) is 15.3 Å². The summed E-state index contributed by atoms with van der Waals surface area (Å²) < 4.78 is 20.7. The number of hydrogen-bond acceptors (Lipinski definition) is 4. The highest BCUT2D eigenvalue weighted by molar-refractivity contribution is 6.31. The summed E-state index contributed by atoms with van der Waals surface area (Å²) in [4.78, 5) is 16.8. The third-order valence-corrected chi connectivity index (χ3v) is 5.64. The predicted octanol–water partition coefficient (Wildman–Crippen LogP) is 3.34. The van der Waals surface area contributed by atoms with Crippen molar-refractivity contribution in [3.63, 3.8) is 0 Å². The highest BCUT2D eigenvalue weighted by atomic mass is 35.5. The van der Waals surface area contributed by atoms with E-state index in [9.17, 15) is 9.18 Å². The van der Waals surface area contributed by atoms with Crippen molar-refractivity contribution in [3.05, 3.63) is 40.9 Å². The fraction of sp³-hybridized carbons (Fsp3) is 0.474. The van der Waals surface area contributed by atoms with Crippen molar-refractivity contribution >= 4 is 29.0 Å². The second-order valence-electron chi connectivity index (χ2n) is 7.13. The Labute approximate surface area is 168 Å². The van der Waals surface area contributed by atoms with Crippen LogP contribution in [0.15, 0.2) is 24.4 Å². The molecule has 1 fully saturated rings. The van der Waals surface area contributed by atoms with E-state index in [1.54, 1.807) is 12.0 Å². The number of carbonyl (C=O) groups excluding carboxylic acids is 1. The molecule has 2 amide bonds. The first-order valence-corrected chi connectivity index (χ1v) is 9.76. The number of amides is 2. The van der Waals surface area contributed by atoms with Crippen LogP contribution in [0.3, 0.4) is 0 Å². The minimum Gasteiger partial charge on any atom is -0.383 e. The SMILES string of the molecule is COCC1CCCN1c1cnn2c1CN(C(=O)Nc1ccc(F)c(Cl)c1)CC2. The minimum atomic E-state index is -0.512. The Morgan fingerprint density at radius 3 is 3.04 bits per heavy atom. The average Bonchev–Trinajstić information content (AvgIpc) is 3.30. The van der Waals surface area contributed by atoms with E-state index in [4.69, 9.17) is 16.3 Å². The first-order valence-electron chi connectivity index (χ1n) is 9.38. The van der Waals surface area contributed by atoms with Crippen LogP contribution in [0.4, 0.5) is 20.6 Å². The summed E-state index contributed by atoms with van der Waals surface area (Å²) in [7, 11) is 1.72. The maximum atomic E-state index is 13.3. The van der Waals surface area contributed by atoms with Crippen LogP contribution in [0.5, 0.6) is 0 Å². The topological polar surface area (TPSA) is 62.6 Å². The average molecular weight is 408 g/mol. The maximum Gasteiger partial charge on any atom is 0.322 e. The van der Waals surface area contributed by atoms with Gasteiger partial charge in [-0.25, -0.2) is 9.18 Å². The number of carbonyl (C=O) groups is 1. The van der Waals surface area contributed by atoms with Crippen LogP contribution in [0.25, 0.3) is 0 Å². The molecule has 1 saturated heterocycles. The van der Waals surface area contributed by atoms with Crippen LogP contribution in [-0.2, 0) is 17.8 Å². The van der Waals surface area contributed by atoms with Crippen molar-refractivity contribution in [2.24, 2.45) is 0 Å². The molecule has 1 unspecified atom stereocenters. The summed E-state index contributed by atoms with van der Waals surface area (Å²) in [5, 5.41) is 7.29. The Bertz CT molecular complexity index is 874. The Hall–Kier alpha value is -2.32. The third-order valence-electron chi connectivity index (χ3n) is 5.35. The Morgan fingerprint density at radius 2 is 2.25 bits per heavy atom. The minimum absolute atomic E-state index is 0.0185. The largest absolute Gasteiger partial charge is 0.383 e. The second kappa shape index (κ2) is 7.97. The van der Waals surface area contributed by atoms with Gasteiger partial charge in [-0.2, -0.15) is 5.10 Å². The smallest absolute Gasteiger partial charge is 0.322 e. The van der Waals surface area contributed by atoms with Crippen molar-refractivity contribution < 1.29 is 13.9 Å². The lowest BCUT2D eigenvalue weighted by atomic mass is 10.2. The molecule has 1 aromatic carbocycles. The normalized spacial score (nSPS) is 19.0. The van der Waals surface area contributed by atoms with E-state index in [0.29, 0.717) is 38.0 Å². The molecule has 9 heteroatoms. The lowest BCUT2D eigenvalue weighted by Crippen LogP contribution is -2.42. The summed E-state index contributed by atoms with van der Waals surface area (Å²) in [5.41, 5.74) is 2.57. The quantitative estimate of drug-likeness (QED) is 0.844. The number of nitrogens with one attached hydrogen (secondary N) is 1. The van der Waals surface area contributed by atoms with Gasteiger partial charge >= 0.3 is 6.03 Å². The summed E-state index contributed by atoms with van der Waals surface area (Å²) >= 11 is 5.80. The van der Waals surface area contributed by atoms with E-state index >= 15 is 0 Å². The first kappa shape index (κ1) is 19.0. The number of halogens is 2. The van der Waals surface area contributed by atoms with Gasteiger partial charge < -0.3 is 19.9 Å². The zero-order valence-corrected chi connectivity index (χ0v) is 16.5. The Balaban J connectivity index is 1.49. The predicted molar refractivity (Wildman–Crippen MR) is 105 cm³/mol. The summed E-state index contributed by atoms with van der Waals surface area (Å²) in [6, 6.07) is 4.25. The molecule has 1 atom stereocenters. The molecule has 0 bridgehead atoms. The number of ether oxygens (including phenoxy) is 1. The molecule has 0 spiro atoms. The van der Waals surface area contributed by atoms with Gasteiger partial charge in [-0.3, -0.25) is 4.68 Å². The fourth-order valence-corrected chi connectivity index (χ4v) is 4.12. The van der Waals surface area contributed by atoms with E-state index in [-0.39, 0.29) is 11.1 Å². The van der Waals surface area contributed by atoms with Crippen LogP contribution in [0, 0.1) is 5.82 Å². The third kappa shape index (κ3) is 3.66. The monoisotopic (exact) mass is 407 g/mol. The van der Waals surface area contributed by atoms with Crippen molar-refractivity contribution in [2.45, 2.75) is 32.0 Å². The van der Waals surface area contributed by atoms with Gasteiger partial charge in [-0.05, 0) is 31.0 Å². The van der Waals surface area contributed by atoms with Gasteiger partial charge in [-0.1, -0.05) is 11.6 Å². The molecule has 2 aliphatic heterocycles. The van der Waals surface area contributed by atoms with Crippen LogP contribution in [0.2, 0.25) is 5.02 Å². The van der Waals surface area contributed by atoms with Crippen molar-refractivity contribution in [2.75, 3.05) is 37.0 Å². The van der Waals surface area contributed by atoms with Crippen LogP contribution >= 0.6 is 11.6 Å². The molecular weight excluding hydrogens is 385 g/mol. The van der Waals surface area contributed by atoms with Gasteiger partial charge in [0.25, 0.3) is 0 Å². The number of urea groups is 1. The van der Waals surface area contributed by atoms with Gasteiger partial charge in [-0.15, -0.1) is 0 Å². The summed E-state index contributed by atoms with van der Waals surface area (Å²) in [5.74, 6) is -0.512. The van der Waals surface area contributed by atoms with E-state index in [0.717, 1.165) is 30.8 Å². The van der Waals surface area contributed by atoms with Gasteiger partial charge in [0.1, 0.15) is 5.82 Å². The van der Waals surface area contributed by atoms with E-state index < -0.39 is 5.82 Å². The molecule has 7 nitrogen and oxygen atoms in total. The van der Waals surface area contributed by atoms with Gasteiger partial charge in [0, 0.05) is 25.9 Å². The molecular formula is C19H23ClFN5O2. The van der Waals surface area contributed by atoms with Crippen LogP contribution in [-0.4, -0.2) is 53.6 Å². The van der Waals surface area contributed by atoms with Gasteiger partial charge in [0.15, 0.2) is 0 Å². The summed E-state index contributed by atoms with van der Waals surface area (Å²) in [6.07, 6.45) is 4.10. The number of rotatable bonds is 4. The van der Waals surface area contributed by atoms with E-state index in [1.807, 2.05) is 10.9 Å². The molecule has 150 valence electrons. The number of fused-ring (bicyclic) bond motifs is 1. The zero-order valence-electron chi connectivity index (χ0n) is 15.7. The van der Waals surface area contributed by atoms with Crippen molar-refractivity contribution in [3.8, 4) is 0 Å². The number of aromatic nitrogens is 2. The fourth-order valence-electron chi connectivity index (χ4n) is 3.94. The maximum absolute atomic E-state index is 13.3. The lowest BCUT2D eigenvalue weighted by Gasteiger charge is -2.31. The molecule has 0 saturated carbocycles. The second-order valence-corrected chi connectivity index (χ2v) is 7.53. The zero-order chi connectivity index (χ0) is 19.7. The van der Waals surface area contributed by atoms with Gasteiger partial charge in [0.05, 0.1) is 48.3 Å². The number of anilines is 2. The number of hydrogen-bond donors (Lipinski definition) is 1. The molecule has 0 aliphatic carbocycles. The lowest BCUT2D eigenvalue weighted by molar-refractivity contribution is 0.180. The highest BCUT2D eigenvalue weighted by Crippen LogP contribution is 2.31. The molecule has 28 heavy (non-hydrogen) atoms. The first-order chi connectivity index (χ1) is 13.6. The molecule has 1 aromatic heterocycles. The number of nitrogens with zero attached hydrogens (tertiary/aromatic N) is 4. The van der Waals surface area contributed by atoms with Crippen molar-refractivity contribution in [1.82, 2.24) is 14.7 Å². The summed E-state index contributed by atoms with van der Waals surface area (Å²) in [6.45, 7) is 3.30. The Morgan fingerprint density at radius 1 is 1.39 bits per heavy atom. The van der Waals surface area contributed by atoms with Crippen molar-refractivity contribution in [1.29, 1.82) is 0 Å². The van der Waals surface area contributed by atoms with E-state index in [1.165, 1.54) is 18.2 Å². The highest BCUT2D eigenvalue weighted by Gasteiger charge is 2.31. The van der Waals surface area contributed by atoms with Gasteiger partial charge in [0.2, 0.25) is 0 Å². The molecule has 1 N–H and O–H groups in total. The van der Waals surface area contributed by atoms with Crippen LogP contribution in [0.1, 0.15) is 18.5 Å². The number of methoxy groups -OCH3 is 1. The number of benzene rings is 1. The molecule has 2 aliphatic rings.